The summed E-state index contributed by atoms with van der Waals surface area (Å²) in [6.07, 6.45) is 4.06. The molecule has 0 saturated carbocycles. The van der Waals surface area contributed by atoms with Gasteiger partial charge in [-0.05, 0) is 12.5 Å². The number of hydrogen-bond donors (Lipinski definition) is 3. The van der Waals surface area contributed by atoms with Crippen LogP contribution in [0.1, 0.15) is 35.7 Å². The number of amides is 2. The van der Waals surface area contributed by atoms with Crippen LogP contribution < -0.4 is 10.6 Å². The van der Waals surface area contributed by atoms with Gasteiger partial charge in [-0.3, -0.25) is 14.6 Å². The van der Waals surface area contributed by atoms with Crippen LogP contribution in [-0.4, -0.2) is 41.6 Å². The van der Waals surface area contributed by atoms with Crippen molar-refractivity contribution in [2.45, 2.75) is 19.8 Å². The second-order valence-electron chi connectivity index (χ2n) is 4.28. The molecule has 1 aromatic heterocycles. The molecule has 3 N–H and O–H groups in total. The molecule has 1 heterocycles. The highest BCUT2D eigenvalue weighted by Crippen LogP contribution is 2.01. The number of nitrogens with one attached hydrogen (secondary N) is 2. The summed E-state index contributed by atoms with van der Waals surface area (Å²) < 4.78 is 0. The molecule has 0 radical (unpaired) electrons. The lowest BCUT2D eigenvalue weighted by Gasteiger charge is -2.06. The number of aromatic nitrogens is 1. The average molecular weight is 289 g/mol. The molecule has 0 spiro atoms. The van der Waals surface area contributed by atoms with Crippen LogP contribution in [-0.2, 0) is 4.79 Å². The third kappa shape index (κ3) is 6.54. The SMILES string of the molecule is CCCNC(=O)CCNC(=O)c1cncc(C#CCO)c1. The zero-order valence-electron chi connectivity index (χ0n) is 12.0. The van der Waals surface area contributed by atoms with E-state index in [1.54, 1.807) is 6.07 Å². The molecule has 0 atom stereocenters. The van der Waals surface area contributed by atoms with E-state index < -0.39 is 0 Å². The van der Waals surface area contributed by atoms with E-state index in [2.05, 4.69) is 27.5 Å². The fourth-order valence-corrected chi connectivity index (χ4v) is 1.52. The highest BCUT2D eigenvalue weighted by molar-refractivity contribution is 5.94. The van der Waals surface area contributed by atoms with Gasteiger partial charge in [-0.15, -0.1) is 0 Å². The Morgan fingerprint density at radius 1 is 1.29 bits per heavy atom. The molecule has 6 heteroatoms. The fraction of sp³-hybridized carbons (Fsp3) is 0.400. The maximum Gasteiger partial charge on any atom is 0.252 e. The summed E-state index contributed by atoms with van der Waals surface area (Å²) in [6, 6.07) is 1.59. The largest absolute Gasteiger partial charge is 0.384 e. The van der Waals surface area contributed by atoms with Gasteiger partial charge >= 0.3 is 0 Å². The van der Waals surface area contributed by atoms with Gasteiger partial charge in [-0.25, -0.2) is 0 Å². The molecule has 0 aliphatic rings. The number of carbonyl (C=O) groups is 2. The molecule has 1 aromatic rings. The summed E-state index contributed by atoms with van der Waals surface area (Å²) in [7, 11) is 0. The van der Waals surface area contributed by atoms with E-state index in [1.165, 1.54) is 12.4 Å². The molecule has 0 aromatic carbocycles. The molecule has 1 rings (SSSR count). The van der Waals surface area contributed by atoms with Crippen LogP contribution in [0.15, 0.2) is 18.5 Å². The van der Waals surface area contributed by atoms with Crippen molar-refractivity contribution < 1.29 is 14.7 Å². The molecule has 0 bridgehead atoms. The first-order chi connectivity index (χ1) is 10.2. The normalized spacial score (nSPS) is 9.43. The minimum absolute atomic E-state index is 0.0853. The van der Waals surface area contributed by atoms with Gasteiger partial charge in [0.15, 0.2) is 0 Å². The van der Waals surface area contributed by atoms with Gasteiger partial charge in [-0.1, -0.05) is 18.8 Å². The lowest BCUT2D eigenvalue weighted by Crippen LogP contribution is -2.31. The van der Waals surface area contributed by atoms with Gasteiger partial charge in [0.05, 0.1) is 5.56 Å². The lowest BCUT2D eigenvalue weighted by molar-refractivity contribution is -0.120. The number of aliphatic hydroxyl groups excluding tert-OH is 1. The Hall–Kier alpha value is -2.39. The van der Waals surface area contributed by atoms with E-state index in [4.69, 9.17) is 5.11 Å². The molecule has 0 aliphatic heterocycles. The molecule has 112 valence electrons. The first-order valence-electron chi connectivity index (χ1n) is 6.77. The predicted octanol–water partition coefficient (Wildman–Crippen LogP) is 0.0715. The van der Waals surface area contributed by atoms with Crippen LogP contribution >= 0.6 is 0 Å². The Balaban J connectivity index is 2.47. The van der Waals surface area contributed by atoms with Crippen molar-refractivity contribution in [2.75, 3.05) is 19.7 Å². The zero-order valence-corrected chi connectivity index (χ0v) is 12.0. The number of rotatable bonds is 6. The second-order valence-corrected chi connectivity index (χ2v) is 4.28. The topological polar surface area (TPSA) is 91.3 Å². The van der Waals surface area contributed by atoms with E-state index in [0.29, 0.717) is 17.7 Å². The van der Waals surface area contributed by atoms with E-state index >= 15 is 0 Å². The molecule has 2 amide bonds. The van der Waals surface area contributed by atoms with Gasteiger partial charge in [0.25, 0.3) is 5.91 Å². The Labute approximate surface area is 124 Å². The number of aliphatic hydroxyl groups is 1. The zero-order chi connectivity index (χ0) is 15.5. The predicted molar refractivity (Wildman–Crippen MR) is 78.5 cm³/mol. The molecule has 21 heavy (non-hydrogen) atoms. The average Bonchev–Trinajstić information content (AvgIpc) is 2.51. The Morgan fingerprint density at radius 2 is 2.10 bits per heavy atom. The Bertz CT molecular complexity index is 547. The smallest absolute Gasteiger partial charge is 0.252 e. The summed E-state index contributed by atoms with van der Waals surface area (Å²) >= 11 is 0. The summed E-state index contributed by atoms with van der Waals surface area (Å²) in [6.45, 7) is 2.63. The van der Waals surface area contributed by atoms with Crippen molar-refractivity contribution in [1.29, 1.82) is 0 Å². The maximum atomic E-state index is 11.9. The summed E-state index contributed by atoms with van der Waals surface area (Å²) in [5, 5.41) is 14.0. The van der Waals surface area contributed by atoms with Gasteiger partial charge in [-0.2, -0.15) is 0 Å². The van der Waals surface area contributed by atoms with Crippen LogP contribution in [0.4, 0.5) is 0 Å². The summed E-state index contributed by atoms with van der Waals surface area (Å²) in [5.41, 5.74) is 0.922. The highest BCUT2D eigenvalue weighted by Gasteiger charge is 2.07. The second kappa shape index (κ2) is 9.50. The highest BCUT2D eigenvalue weighted by atomic mass is 16.2. The Kier molecular flexibility index (Phi) is 7.54. The third-order valence-corrected chi connectivity index (χ3v) is 2.52. The van der Waals surface area contributed by atoms with Gasteiger partial charge in [0, 0.05) is 37.5 Å². The van der Waals surface area contributed by atoms with E-state index in [1.807, 2.05) is 6.92 Å². The van der Waals surface area contributed by atoms with E-state index in [-0.39, 0.29) is 31.4 Å². The van der Waals surface area contributed by atoms with E-state index in [0.717, 1.165) is 6.42 Å². The molecule has 0 aliphatic carbocycles. The minimum atomic E-state index is -0.307. The Morgan fingerprint density at radius 3 is 2.81 bits per heavy atom. The monoisotopic (exact) mass is 289 g/mol. The van der Waals surface area contributed by atoms with Crippen molar-refractivity contribution in [2.24, 2.45) is 0 Å². The minimum Gasteiger partial charge on any atom is -0.384 e. The van der Waals surface area contributed by atoms with Crippen LogP contribution in [0.3, 0.4) is 0 Å². The molecule has 0 saturated heterocycles. The van der Waals surface area contributed by atoms with Gasteiger partial charge < -0.3 is 15.7 Å². The van der Waals surface area contributed by atoms with Crippen LogP contribution in [0.25, 0.3) is 0 Å². The van der Waals surface area contributed by atoms with Crippen molar-refractivity contribution in [3.05, 3.63) is 29.6 Å². The van der Waals surface area contributed by atoms with Crippen molar-refractivity contribution in [1.82, 2.24) is 15.6 Å². The fourth-order valence-electron chi connectivity index (χ4n) is 1.52. The molecule has 6 nitrogen and oxygen atoms in total. The number of nitrogens with zero attached hydrogens (tertiary/aromatic N) is 1. The first kappa shape index (κ1) is 16.7. The standard InChI is InChI=1S/C15H19N3O3/c1-2-6-17-14(20)5-7-18-15(21)13-9-12(4-3-8-19)10-16-11-13/h9-11,19H,2,5-8H2,1H3,(H,17,20)(H,18,21). The molecular weight excluding hydrogens is 270 g/mol. The van der Waals surface area contributed by atoms with Crippen molar-refractivity contribution in [3.8, 4) is 11.8 Å². The molecule has 0 fully saturated rings. The first-order valence-corrected chi connectivity index (χ1v) is 6.77. The van der Waals surface area contributed by atoms with Crippen LogP contribution in [0, 0.1) is 11.8 Å². The summed E-state index contributed by atoms with van der Waals surface area (Å²) in [5.74, 6) is 4.78. The maximum absolute atomic E-state index is 11.9. The number of pyridine rings is 1. The van der Waals surface area contributed by atoms with Crippen molar-refractivity contribution >= 4 is 11.8 Å². The number of carbonyl (C=O) groups excluding carboxylic acids is 2. The third-order valence-electron chi connectivity index (χ3n) is 2.52. The van der Waals surface area contributed by atoms with Gasteiger partial charge in [0.1, 0.15) is 6.61 Å². The quantitative estimate of drug-likeness (QED) is 0.646. The molecular formula is C15H19N3O3. The van der Waals surface area contributed by atoms with E-state index in [9.17, 15) is 9.59 Å². The van der Waals surface area contributed by atoms with Gasteiger partial charge in [0.2, 0.25) is 5.91 Å². The lowest BCUT2D eigenvalue weighted by atomic mass is 10.2. The van der Waals surface area contributed by atoms with Crippen LogP contribution in [0.2, 0.25) is 0 Å². The molecule has 0 unspecified atom stereocenters. The summed E-state index contributed by atoms with van der Waals surface area (Å²) in [4.78, 5) is 27.2. The van der Waals surface area contributed by atoms with Crippen LogP contribution in [0.5, 0.6) is 0 Å². The number of hydrogen-bond acceptors (Lipinski definition) is 4. The van der Waals surface area contributed by atoms with Crippen molar-refractivity contribution in [3.63, 3.8) is 0 Å².